The van der Waals surface area contributed by atoms with Gasteiger partial charge in [0.15, 0.2) is 0 Å². The first kappa shape index (κ1) is 13.0. The van der Waals surface area contributed by atoms with Crippen molar-refractivity contribution >= 4 is 0 Å². The van der Waals surface area contributed by atoms with Crippen LogP contribution in [0.1, 0.15) is 31.2 Å². The standard InChI is InChI=1S/C13H20O3/c1-3-10(7-12(15)9-14)11-5-4-6-13(8-11)16-2/h4-6,8,10,12,14-15H,3,7,9H2,1-2H3. The van der Waals surface area contributed by atoms with Gasteiger partial charge in [0.25, 0.3) is 0 Å². The molecule has 3 heteroatoms. The minimum absolute atomic E-state index is 0.180. The molecule has 1 aromatic carbocycles. The molecule has 90 valence electrons. The molecule has 2 N–H and O–H groups in total. The lowest BCUT2D eigenvalue weighted by molar-refractivity contribution is 0.0817. The van der Waals surface area contributed by atoms with Gasteiger partial charge in [-0.3, -0.25) is 0 Å². The van der Waals surface area contributed by atoms with Gasteiger partial charge in [-0.25, -0.2) is 0 Å². The smallest absolute Gasteiger partial charge is 0.119 e. The third-order valence-electron chi connectivity index (χ3n) is 2.83. The van der Waals surface area contributed by atoms with Crippen LogP contribution in [0.25, 0.3) is 0 Å². The van der Waals surface area contributed by atoms with E-state index in [0.29, 0.717) is 6.42 Å². The van der Waals surface area contributed by atoms with Crippen LogP contribution in [0.15, 0.2) is 24.3 Å². The van der Waals surface area contributed by atoms with Crippen LogP contribution in [0.2, 0.25) is 0 Å². The second-order valence-electron chi connectivity index (χ2n) is 3.95. The molecule has 16 heavy (non-hydrogen) atoms. The molecule has 0 saturated heterocycles. The third-order valence-corrected chi connectivity index (χ3v) is 2.83. The summed E-state index contributed by atoms with van der Waals surface area (Å²) in [4.78, 5) is 0. The molecule has 0 aliphatic rings. The van der Waals surface area contributed by atoms with Gasteiger partial charge in [-0.1, -0.05) is 19.1 Å². The van der Waals surface area contributed by atoms with Crippen molar-refractivity contribution in [1.29, 1.82) is 0 Å². The quantitative estimate of drug-likeness (QED) is 0.776. The van der Waals surface area contributed by atoms with Gasteiger partial charge in [0.2, 0.25) is 0 Å². The first-order valence-corrected chi connectivity index (χ1v) is 5.64. The average molecular weight is 224 g/mol. The largest absolute Gasteiger partial charge is 0.497 e. The molecule has 0 bridgehead atoms. The lowest BCUT2D eigenvalue weighted by Crippen LogP contribution is -2.16. The molecule has 3 nitrogen and oxygen atoms in total. The molecule has 0 amide bonds. The van der Waals surface area contributed by atoms with Crippen LogP contribution in [0.3, 0.4) is 0 Å². The highest BCUT2D eigenvalue weighted by atomic mass is 16.5. The van der Waals surface area contributed by atoms with Crippen molar-refractivity contribution in [2.45, 2.75) is 31.8 Å². The molecule has 0 saturated carbocycles. The summed E-state index contributed by atoms with van der Waals surface area (Å²) in [6.07, 6.45) is 0.876. The maximum absolute atomic E-state index is 9.47. The van der Waals surface area contributed by atoms with Crippen molar-refractivity contribution in [2.75, 3.05) is 13.7 Å². The van der Waals surface area contributed by atoms with E-state index in [1.165, 1.54) is 0 Å². The van der Waals surface area contributed by atoms with Gasteiger partial charge in [-0.2, -0.15) is 0 Å². The van der Waals surface area contributed by atoms with E-state index >= 15 is 0 Å². The zero-order chi connectivity index (χ0) is 12.0. The summed E-state index contributed by atoms with van der Waals surface area (Å²) < 4.78 is 5.17. The van der Waals surface area contributed by atoms with Crippen molar-refractivity contribution in [3.05, 3.63) is 29.8 Å². The van der Waals surface area contributed by atoms with Crippen molar-refractivity contribution in [3.63, 3.8) is 0 Å². The summed E-state index contributed by atoms with van der Waals surface area (Å²) in [5.74, 6) is 1.09. The van der Waals surface area contributed by atoms with Crippen LogP contribution < -0.4 is 4.74 Å². The number of aliphatic hydroxyl groups excluding tert-OH is 2. The Balaban J connectivity index is 2.77. The SMILES string of the molecule is CCC(CC(O)CO)c1cccc(OC)c1. The lowest BCUT2D eigenvalue weighted by Gasteiger charge is -2.18. The number of hydrogen-bond donors (Lipinski definition) is 2. The Morgan fingerprint density at radius 1 is 1.38 bits per heavy atom. The third kappa shape index (κ3) is 3.51. The van der Waals surface area contributed by atoms with E-state index in [1.807, 2.05) is 24.3 Å². The highest BCUT2D eigenvalue weighted by Gasteiger charge is 2.14. The van der Waals surface area contributed by atoms with Crippen LogP contribution in [0.5, 0.6) is 5.75 Å². The molecule has 2 unspecified atom stereocenters. The molecule has 2 atom stereocenters. The summed E-state index contributed by atoms with van der Waals surface area (Å²) >= 11 is 0. The maximum atomic E-state index is 9.47. The first-order chi connectivity index (χ1) is 7.71. The van der Waals surface area contributed by atoms with Gasteiger partial charge in [0, 0.05) is 0 Å². The number of aliphatic hydroxyl groups is 2. The van der Waals surface area contributed by atoms with Crippen LogP contribution >= 0.6 is 0 Å². The van der Waals surface area contributed by atoms with Gasteiger partial charge < -0.3 is 14.9 Å². The zero-order valence-corrected chi connectivity index (χ0v) is 9.89. The number of rotatable bonds is 6. The van der Waals surface area contributed by atoms with Gasteiger partial charge >= 0.3 is 0 Å². The number of hydrogen-bond acceptors (Lipinski definition) is 3. The fourth-order valence-electron chi connectivity index (χ4n) is 1.84. The van der Waals surface area contributed by atoms with E-state index in [4.69, 9.17) is 9.84 Å². The molecule has 0 aromatic heterocycles. The van der Waals surface area contributed by atoms with Crippen molar-refractivity contribution in [1.82, 2.24) is 0 Å². The Hall–Kier alpha value is -1.06. The molecule has 0 heterocycles. The van der Waals surface area contributed by atoms with Crippen molar-refractivity contribution < 1.29 is 14.9 Å². The summed E-state index contributed by atoms with van der Waals surface area (Å²) in [6, 6.07) is 7.86. The molecule has 1 aromatic rings. The molecule has 1 rings (SSSR count). The number of ether oxygens (including phenoxy) is 1. The van der Waals surface area contributed by atoms with E-state index in [0.717, 1.165) is 17.7 Å². The average Bonchev–Trinajstić information content (AvgIpc) is 2.35. The summed E-state index contributed by atoms with van der Waals surface area (Å²) in [5.41, 5.74) is 1.15. The molecule has 0 fully saturated rings. The van der Waals surface area contributed by atoms with Gasteiger partial charge in [0.05, 0.1) is 19.8 Å². The Labute approximate surface area is 96.7 Å². The van der Waals surface area contributed by atoms with Gasteiger partial charge in [-0.05, 0) is 36.5 Å². The van der Waals surface area contributed by atoms with Crippen LogP contribution in [-0.4, -0.2) is 30.0 Å². The minimum atomic E-state index is -0.642. The number of methoxy groups -OCH3 is 1. The monoisotopic (exact) mass is 224 g/mol. The normalized spacial score (nSPS) is 14.5. The van der Waals surface area contributed by atoms with E-state index in [2.05, 4.69) is 6.92 Å². The highest BCUT2D eigenvalue weighted by molar-refractivity contribution is 5.30. The number of benzene rings is 1. The second-order valence-corrected chi connectivity index (χ2v) is 3.95. The van der Waals surface area contributed by atoms with Gasteiger partial charge in [-0.15, -0.1) is 0 Å². The second kappa shape index (κ2) is 6.51. The van der Waals surface area contributed by atoms with E-state index < -0.39 is 6.10 Å². The van der Waals surface area contributed by atoms with Gasteiger partial charge in [0.1, 0.15) is 5.75 Å². The summed E-state index contributed by atoms with van der Waals surface area (Å²) in [7, 11) is 1.64. The summed E-state index contributed by atoms with van der Waals surface area (Å²) in [5, 5.41) is 18.3. The predicted octanol–water partition coefficient (Wildman–Crippen LogP) is 1.93. The molecule has 0 aliphatic heterocycles. The fraction of sp³-hybridized carbons (Fsp3) is 0.538. The van der Waals surface area contributed by atoms with Crippen LogP contribution in [-0.2, 0) is 0 Å². The molecule has 0 radical (unpaired) electrons. The Bertz CT molecular complexity index is 312. The van der Waals surface area contributed by atoms with E-state index in [1.54, 1.807) is 7.11 Å². The molecular weight excluding hydrogens is 204 g/mol. The Morgan fingerprint density at radius 2 is 2.12 bits per heavy atom. The molecular formula is C13H20O3. The lowest BCUT2D eigenvalue weighted by atomic mass is 9.91. The van der Waals surface area contributed by atoms with Crippen molar-refractivity contribution in [2.24, 2.45) is 0 Å². The summed E-state index contributed by atoms with van der Waals surface area (Å²) in [6.45, 7) is 1.90. The van der Waals surface area contributed by atoms with Crippen LogP contribution in [0.4, 0.5) is 0 Å². The molecule has 0 spiro atoms. The highest BCUT2D eigenvalue weighted by Crippen LogP contribution is 2.27. The Morgan fingerprint density at radius 3 is 2.69 bits per heavy atom. The predicted molar refractivity (Wildman–Crippen MR) is 63.7 cm³/mol. The van der Waals surface area contributed by atoms with E-state index in [9.17, 15) is 5.11 Å². The van der Waals surface area contributed by atoms with E-state index in [-0.39, 0.29) is 12.5 Å². The van der Waals surface area contributed by atoms with Crippen molar-refractivity contribution in [3.8, 4) is 5.75 Å². The Kier molecular flexibility index (Phi) is 5.29. The maximum Gasteiger partial charge on any atom is 0.119 e. The topological polar surface area (TPSA) is 49.7 Å². The first-order valence-electron chi connectivity index (χ1n) is 5.64. The minimum Gasteiger partial charge on any atom is -0.497 e. The zero-order valence-electron chi connectivity index (χ0n) is 9.89. The van der Waals surface area contributed by atoms with Crippen LogP contribution in [0, 0.1) is 0 Å². The fourth-order valence-corrected chi connectivity index (χ4v) is 1.84. The molecule has 0 aliphatic carbocycles.